The Morgan fingerprint density at radius 3 is 2.10 bits per heavy atom. The van der Waals surface area contributed by atoms with Crippen LogP contribution in [0.3, 0.4) is 0 Å². The van der Waals surface area contributed by atoms with E-state index in [1.54, 1.807) is 0 Å². The molecule has 4 aliphatic rings. The number of nitrogens with one attached hydrogen (secondary N) is 2. The zero-order chi connectivity index (χ0) is 24.3. The Bertz CT molecular complexity index is 992. The van der Waals surface area contributed by atoms with Gasteiger partial charge in [0, 0.05) is 31.2 Å². The summed E-state index contributed by atoms with van der Waals surface area (Å²) >= 11 is 0. The molecule has 0 bridgehead atoms. The van der Waals surface area contributed by atoms with Gasteiger partial charge in [0.15, 0.2) is 17.0 Å². The number of aromatic nitrogens is 4. The van der Waals surface area contributed by atoms with Crippen molar-refractivity contribution in [2.45, 2.75) is 121 Å². The van der Waals surface area contributed by atoms with Crippen molar-refractivity contribution in [3.8, 4) is 0 Å². The Labute approximate surface area is 252 Å². The fraction of sp³-hybridized carbons (Fsp3) is 0.821. The second kappa shape index (κ2) is 15.2. The van der Waals surface area contributed by atoms with Gasteiger partial charge in [-0.25, -0.2) is 9.99 Å². The van der Waals surface area contributed by atoms with Crippen molar-refractivity contribution in [1.82, 2.24) is 24.5 Å². The molecule has 39 heavy (non-hydrogen) atoms. The van der Waals surface area contributed by atoms with Gasteiger partial charge in [-0.15, -0.1) is 37.2 Å². The highest BCUT2D eigenvalue weighted by Crippen LogP contribution is 2.35. The summed E-state index contributed by atoms with van der Waals surface area (Å²) in [5.41, 5.74) is 11.7. The van der Waals surface area contributed by atoms with Crippen LogP contribution in [0.1, 0.15) is 109 Å². The molecule has 0 radical (unpaired) electrons. The van der Waals surface area contributed by atoms with Gasteiger partial charge in [-0.3, -0.25) is 0 Å². The van der Waals surface area contributed by atoms with Crippen LogP contribution in [0.5, 0.6) is 0 Å². The summed E-state index contributed by atoms with van der Waals surface area (Å²) in [5.74, 6) is 3.45. The fourth-order valence-corrected chi connectivity index (χ4v) is 7.28. The van der Waals surface area contributed by atoms with Crippen LogP contribution in [0, 0.1) is 11.8 Å². The second-order valence-corrected chi connectivity index (χ2v) is 12.2. The largest absolute Gasteiger partial charge is 0.351 e. The minimum absolute atomic E-state index is 0. The summed E-state index contributed by atoms with van der Waals surface area (Å²) in [5, 5.41) is 6.03. The standard InChI is InChI=1S/C28H46N8.3ClH/c29-22-10-12-23(13-11-22)31-28-32-26(25-27(33-28)36(19-30-25)24-8-4-5-9-24)34-35-16-14-21(15-17-35)18-20-6-2-1-3-7-20;;;/h19-24H,1-18,29H2,(H2,31,32,33,34);3*1H/t22-,23-;;;. The minimum atomic E-state index is 0. The van der Waals surface area contributed by atoms with Crippen LogP contribution in [-0.4, -0.2) is 49.7 Å². The van der Waals surface area contributed by atoms with E-state index in [2.05, 4.69) is 20.3 Å². The Morgan fingerprint density at radius 2 is 1.41 bits per heavy atom. The lowest BCUT2D eigenvalue weighted by molar-refractivity contribution is 0.180. The molecule has 4 fully saturated rings. The number of imidazole rings is 1. The quantitative estimate of drug-likeness (QED) is 0.317. The monoisotopic (exact) mass is 602 g/mol. The third kappa shape index (κ3) is 8.03. The van der Waals surface area contributed by atoms with Crippen molar-refractivity contribution in [1.29, 1.82) is 0 Å². The topological polar surface area (TPSA) is 96.9 Å². The van der Waals surface area contributed by atoms with Crippen LogP contribution >= 0.6 is 37.2 Å². The van der Waals surface area contributed by atoms with E-state index >= 15 is 0 Å². The number of nitrogens with zero attached hydrogens (tertiary/aromatic N) is 5. The van der Waals surface area contributed by atoms with Crippen LogP contribution in [0.15, 0.2) is 6.33 Å². The molecule has 0 spiro atoms. The summed E-state index contributed by atoms with van der Waals surface area (Å²) in [6.45, 7) is 2.16. The summed E-state index contributed by atoms with van der Waals surface area (Å²) in [6.07, 6.45) is 22.6. The number of fused-ring (bicyclic) bond motifs is 1. The summed E-state index contributed by atoms with van der Waals surface area (Å²) in [4.78, 5) is 14.8. The molecule has 3 aliphatic carbocycles. The molecule has 6 rings (SSSR count). The van der Waals surface area contributed by atoms with Crippen LogP contribution in [0.2, 0.25) is 0 Å². The number of piperidine rings is 1. The normalized spacial score (nSPS) is 25.5. The number of nitrogens with two attached hydrogens (primary N) is 1. The Balaban J connectivity index is 0.00000140. The number of hydrogen-bond acceptors (Lipinski definition) is 7. The average molecular weight is 604 g/mol. The van der Waals surface area contributed by atoms with Gasteiger partial charge in [-0.1, -0.05) is 44.9 Å². The van der Waals surface area contributed by atoms with Gasteiger partial charge in [0.1, 0.15) is 0 Å². The lowest BCUT2D eigenvalue weighted by atomic mass is 9.80. The van der Waals surface area contributed by atoms with Crippen LogP contribution < -0.4 is 16.5 Å². The first-order chi connectivity index (χ1) is 17.7. The van der Waals surface area contributed by atoms with E-state index in [0.29, 0.717) is 18.1 Å². The van der Waals surface area contributed by atoms with Gasteiger partial charge in [0.25, 0.3) is 0 Å². The van der Waals surface area contributed by atoms with Gasteiger partial charge in [0.2, 0.25) is 5.95 Å². The molecule has 222 valence electrons. The van der Waals surface area contributed by atoms with E-state index in [1.807, 2.05) is 6.33 Å². The van der Waals surface area contributed by atoms with E-state index in [4.69, 9.17) is 20.7 Å². The van der Waals surface area contributed by atoms with Crippen LogP contribution in [-0.2, 0) is 0 Å². The molecule has 0 unspecified atom stereocenters. The lowest BCUT2D eigenvalue weighted by Gasteiger charge is -2.34. The SMILES string of the molecule is Cl.Cl.Cl.N[C@H]1CC[C@H](Nc2nc(NN3CCC(CC4CCCCC4)CC3)c3ncn(C4CCCC4)c3n2)CC1. The highest BCUT2D eigenvalue weighted by molar-refractivity contribution is 5.86. The molecule has 1 aliphatic heterocycles. The number of halogens is 3. The zero-order valence-electron chi connectivity index (χ0n) is 23.2. The highest BCUT2D eigenvalue weighted by Gasteiger charge is 2.27. The Morgan fingerprint density at radius 1 is 0.769 bits per heavy atom. The van der Waals surface area contributed by atoms with Crippen molar-refractivity contribution in [3.63, 3.8) is 0 Å². The van der Waals surface area contributed by atoms with E-state index in [0.717, 1.165) is 73.5 Å². The molecule has 11 heteroatoms. The van der Waals surface area contributed by atoms with Crippen LogP contribution in [0.4, 0.5) is 11.8 Å². The number of hydrogen-bond donors (Lipinski definition) is 3. The summed E-state index contributed by atoms with van der Waals surface area (Å²) in [6, 6.07) is 1.25. The summed E-state index contributed by atoms with van der Waals surface area (Å²) < 4.78 is 2.31. The van der Waals surface area contributed by atoms with Crippen molar-refractivity contribution in [3.05, 3.63) is 6.33 Å². The first kappa shape index (κ1) is 32.5. The second-order valence-electron chi connectivity index (χ2n) is 12.2. The van der Waals surface area contributed by atoms with Gasteiger partial charge in [0.05, 0.1) is 6.33 Å². The minimum Gasteiger partial charge on any atom is -0.351 e. The first-order valence-corrected chi connectivity index (χ1v) is 15.0. The van der Waals surface area contributed by atoms with E-state index in [-0.39, 0.29) is 37.2 Å². The number of anilines is 2. The van der Waals surface area contributed by atoms with E-state index in [1.165, 1.54) is 77.0 Å². The smallest absolute Gasteiger partial charge is 0.227 e. The highest BCUT2D eigenvalue weighted by atomic mass is 35.5. The predicted molar refractivity (Wildman–Crippen MR) is 168 cm³/mol. The predicted octanol–water partition coefficient (Wildman–Crippen LogP) is 6.90. The molecule has 1 saturated heterocycles. The van der Waals surface area contributed by atoms with E-state index < -0.39 is 0 Å². The molecule has 2 aromatic heterocycles. The third-order valence-electron chi connectivity index (χ3n) is 9.51. The van der Waals surface area contributed by atoms with Crippen molar-refractivity contribution < 1.29 is 0 Å². The molecule has 4 N–H and O–H groups in total. The van der Waals surface area contributed by atoms with Crippen molar-refractivity contribution in [2.75, 3.05) is 23.8 Å². The van der Waals surface area contributed by atoms with Crippen LogP contribution in [0.25, 0.3) is 11.2 Å². The molecule has 2 aromatic rings. The molecular formula is C28H49Cl3N8. The van der Waals surface area contributed by atoms with Crippen molar-refractivity contribution in [2.24, 2.45) is 17.6 Å². The Kier molecular flexibility index (Phi) is 12.7. The maximum Gasteiger partial charge on any atom is 0.227 e. The summed E-state index contributed by atoms with van der Waals surface area (Å²) in [7, 11) is 0. The maximum atomic E-state index is 6.14. The average Bonchev–Trinajstić information content (AvgIpc) is 3.58. The van der Waals surface area contributed by atoms with E-state index in [9.17, 15) is 0 Å². The molecule has 0 atom stereocenters. The first-order valence-electron chi connectivity index (χ1n) is 15.0. The van der Waals surface area contributed by atoms with Gasteiger partial charge in [-0.2, -0.15) is 9.97 Å². The van der Waals surface area contributed by atoms with Crippen molar-refractivity contribution >= 4 is 60.2 Å². The Hall–Kier alpha value is -1.06. The van der Waals surface area contributed by atoms with Gasteiger partial charge in [-0.05, 0) is 69.6 Å². The third-order valence-corrected chi connectivity index (χ3v) is 9.51. The molecule has 8 nitrogen and oxygen atoms in total. The molecular weight excluding hydrogens is 555 g/mol. The molecule has 3 saturated carbocycles. The van der Waals surface area contributed by atoms with Gasteiger partial charge >= 0.3 is 0 Å². The van der Waals surface area contributed by atoms with Gasteiger partial charge < -0.3 is 21.0 Å². The number of rotatable bonds is 7. The molecule has 0 aromatic carbocycles. The molecule has 3 heterocycles. The maximum absolute atomic E-state index is 6.14. The number of hydrazine groups is 1. The lowest BCUT2D eigenvalue weighted by Crippen LogP contribution is -2.39. The zero-order valence-corrected chi connectivity index (χ0v) is 25.7. The fourth-order valence-electron chi connectivity index (χ4n) is 7.28. The molecule has 0 amide bonds.